The lowest BCUT2D eigenvalue weighted by molar-refractivity contribution is -0.345. The second-order valence-electron chi connectivity index (χ2n) is 17.4. The van der Waals surface area contributed by atoms with Gasteiger partial charge < -0.3 is 47.7 Å². The molecule has 4 aliphatic heterocycles. The highest BCUT2D eigenvalue weighted by molar-refractivity contribution is 6.22. The van der Waals surface area contributed by atoms with Crippen LogP contribution in [0.1, 0.15) is 113 Å². The standard InChI is InChI=1S/C51H58N2O18/c1-29(55)65-28-38-43(67-30(2)56)45(68-31(3)57)41(53-48(61)35-22-15-16-23-36(35)49(53)62)51(70-38)71-42-37(26-54)69-50(64-25-17-8-6-5-7-12-24-39(58)63-4)40(44(42)66-27-32-18-10-9-11-19-32)52-46(59)33-20-13-14-21-34(33)47(52)60/h9-11,13-16,18-23,37-38,40-45,50-51,54H,5-8,12,17,24-28H2,1-4H3/t37-,38+,40-,41+,42-,43+,44-,45+,50-,51-/m1/s1. The van der Waals surface area contributed by atoms with Crippen LogP contribution in [0.4, 0.5) is 0 Å². The highest BCUT2D eigenvalue weighted by Gasteiger charge is 2.61. The number of unbranched alkanes of at least 4 members (excludes halogenated alkanes) is 5. The molecule has 3 aromatic rings. The molecule has 3 aromatic carbocycles. The van der Waals surface area contributed by atoms with Gasteiger partial charge in [-0.05, 0) is 42.7 Å². The van der Waals surface area contributed by atoms with Crippen molar-refractivity contribution in [1.29, 1.82) is 0 Å². The smallest absolute Gasteiger partial charge is 0.305 e. The molecule has 2 saturated heterocycles. The predicted octanol–water partition coefficient (Wildman–Crippen LogP) is 4.08. The van der Waals surface area contributed by atoms with Crippen LogP contribution in [-0.2, 0) is 68.4 Å². The molecule has 1 N–H and O–H groups in total. The monoisotopic (exact) mass is 986 g/mol. The third-order valence-corrected chi connectivity index (χ3v) is 12.6. The SMILES string of the molecule is COC(=O)CCCCCCCCO[C@@H]1O[C@H](CO)[C@@H](O[C@H]2O[C@@H](COC(C)=O)[C@H](OC(C)=O)[C@@H](OC(C)=O)[C@@H]2N2C(=O)c3ccccc3C2=O)[C@H](OCc2ccccc2)[C@H]1N1C(=O)c2ccccc2C1=O. The number of nitrogens with zero attached hydrogens (tertiary/aromatic N) is 2. The summed E-state index contributed by atoms with van der Waals surface area (Å²) < 4.78 is 54.6. The maximum absolute atomic E-state index is 14.5. The molecule has 0 saturated carbocycles. The van der Waals surface area contributed by atoms with Gasteiger partial charge in [0.2, 0.25) is 0 Å². The van der Waals surface area contributed by atoms with E-state index in [4.69, 9.17) is 42.6 Å². The maximum Gasteiger partial charge on any atom is 0.305 e. The lowest BCUT2D eigenvalue weighted by Crippen LogP contribution is -2.71. The number of rotatable bonds is 22. The van der Waals surface area contributed by atoms with Crippen molar-refractivity contribution in [1.82, 2.24) is 9.80 Å². The molecule has 0 spiro atoms. The second kappa shape index (κ2) is 24.1. The molecule has 4 amide bonds. The van der Waals surface area contributed by atoms with E-state index in [1.54, 1.807) is 54.6 Å². The summed E-state index contributed by atoms with van der Waals surface area (Å²) >= 11 is 0. The van der Waals surface area contributed by atoms with Crippen LogP contribution in [0.15, 0.2) is 78.9 Å². The van der Waals surface area contributed by atoms with E-state index >= 15 is 0 Å². The summed E-state index contributed by atoms with van der Waals surface area (Å²) in [5, 5.41) is 11.2. The Labute approximate surface area is 409 Å². The van der Waals surface area contributed by atoms with E-state index in [0.29, 0.717) is 24.8 Å². The van der Waals surface area contributed by atoms with Crippen LogP contribution in [-0.4, -0.2) is 151 Å². The van der Waals surface area contributed by atoms with Crippen LogP contribution in [0, 0.1) is 0 Å². The van der Waals surface area contributed by atoms with Gasteiger partial charge >= 0.3 is 23.9 Å². The first kappa shape index (κ1) is 52.4. The van der Waals surface area contributed by atoms with Crippen molar-refractivity contribution >= 4 is 47.5 Å². The van der Waals surface area contributed by atoms with Crippen LogP contribution in [0.3, 0.4) is 0 Å². The van der Waals surface area contributed by atoms with Gasteiger partial charge in [0.15, 0.2) is 24.8 Å². The zero-order chi connectivity index (χ0) is 50.8. The van der Waals surface area contributed by atoms with Gasteiger partial charge in [-0.25, -0.2) is 0 Å². The lowest BCUT2D eigenvalue weighted by atomic mass is 9.92. The van der Waals surface area contributed by atoms with Crippen LogP contribution in [0.5, 0.6) is 0 Å². The molecule has 0 aromatic heterocycles. The average Bonchev–Trinajstić information content (AvgIpc) is 3.76. The number of fused-ring (bicyclic) bond motifs is 2. The second-order valence-corrected chi connectivity index (χ2v) is 17.4. The van der Waals surface area contributed by atoms with Gasteiger partial charge in [0, 0.05) is 33.8 Å². The number of imide groups is 2. The summed E-state index contributed by atoms with van der Waals surface area (Å²) in [5.41, 5.74) is 0.837. The molecule has 7 rings (SSSR count). The Morgan fingerprint density at radius 3 is 1.58 bits per heavy atom. The van der Waals surface area contributed by atoms with Crippen molar-refractivity contribution in [2.24, 2.45) is 0 Å². The number of ether oxygens (including phenoxy) is 9. The fourth-order valence-electron chi connectivity index (χ4n) is 9.33. The molecule has 4 heterocycles. The molecule has 71 heavy (non-hydrogen) atoms. The molecule has 20 nitrogen and oxygen atoms in total. The Bertz CT molecular complexity index is 2360. The Hall–Kier alpha value is -6.42. The Morgan fingerprint density at radius 2 is 1.06 bits per heavy atom. The van der Waals surface area contributed by atoms with E-state index in [9.17, 15) is 43.5 Å². The summed E-state index contributed by atoms with van der Waals surface area (Å²) in [5.74, 6) is -5.94. The van der Waals surface area contributed by atoms with Gasteiger partial charge in [0.05, 0.1) is 42.6 Å². The molecule has 20 heteroatoms. The number of amides is 4. The van der Waals surface area contributed by atoms with Gasteiger partial charge in [-0.2, -0.15) is 0 Å². The van der Waals surface area contributed by atoms with Crippen LogP contribution in [0.2, 0.25) is 0 Å². The molecule has 0 bridgehead atoms. The first-order valence-corrected chi connectivity index (χ1v) is 23.6. The quantitative estimate of drug-likeness (QED) is 0.0645. The molecule has 0 radical (unpaired) electrons. The van der Waals surface area contributed by atoms with E-state index < -0.39 is 116 Å². The molecular formula is C51H58N2O18. The number of carbonyl (C=O) groups excluding carboxylic acids is 8. The highest BCUT2D eigenvalue weighted by atomic mass is 16.7. The highest BCUT2D eigenvalue weighted by Crippen LogP contribution is 2.40. The summed E-state index contributed by atoms with van der Waals surface area (Å²) in [7, 11) is 1.35. The first-order chi connectivity index (χ1) is 34.2. The van der Waals surface area contributed by atoms with Gasteiger partial charge in [0.25, 0.3) is 23.6 Å². The van der Waals surface area contributed by atoms with Crippen molar-refractivity contribution in [3.8, 4) is 0 Å². The molecule has 0 unspecified atom stereocenters. The van der Waals surface area contributed by atoms with Gasteiger partial charge in [-0.3, -0.25) is 48.2 Å². The minimum atomic E-state index is -1.90. The number of carbonyl (C=O) groups is 8. The number of esters is 4. The van der Waals surface area contributed by atoms with E-state index in [2.05, 4.69) is 0 Å². The summed E-state index contributed by atoms with van der Waals surface area (Å²) in [4.78, 5) is 109. The number of hydrogen-bond acceptors (Lipinski definition) is 18. The zero-order valence-corrected chi connectivity index (χ0v) is 39.8. The zero-order valence-electron chi connectivity index (χ0n) is 39.8. The molecule has 2 fully saturated rings. The fourth-order valence-corrected chi connectivity index (χ4v) is 9.33. The minimum absolute atomic E-state index is 0.00792. The van der Waals surface area contributed by atoms with Crippen molar-refractivity contribution in [3.63, 3.8) is 0 Å². The third kappa shape index (κ3) is 12.0. The van der Waals surface area contributed by atoms with E-state index in [1.807, 2.05) is 0 Å². The number of hydrogen-bond donors (Lipinski definition) is 1. The number of aliphatic hydroxyl groups excluding tert-OH is 1. The summed E-state index contributed by atoms with van der Waals surface area (Å²) in [6.45, 7) is 1.77. The van der Waals surface area contributed by atoms with Gasteiger partial charge in [-0.15, -0.1) is 0 Å². The number of benzene rings is 3. The lowest BCUT2D eigenvalue weighted by Gasteiger charge is -2.51. The maximum atomic E-state index is 14.5. The Balaban J connectivity index is 1.29. The van der Waals surface area contributed by atoms with Crippen LogP contribution >= 0.6 is 0 Å². The van der Waals surface area contributed by atoms with Crippen LogP contribution in [0.25, 0.3) is 0 Å². The van der Waals surface area contributed by atoms with Gasteiger partial charge in [-0.1, -0.05) is 80.3 Å². The minimum Gasteiger partial charge on any atom is -0.469 e. The summed E-state index contributed by atoms with van der Waals surface area (Å²) in [6, 6.07) is 17.9. The first-order valence-electron chi connectivity index (χ1n) is 23.6. The molecule has 0 aliphatic carbocycles. The third-order valence-electron chi connectivity index (χ3n) is 12.6. The average molecular weight is 987 g/mol. The normalized spacial score (nSPS) is 25.9. The predicted molar refractivity (Wildman–Crippen MR) is 244 cm³/mol. The van der Waals surface area contributed by atoms with Crippen molar-refractivity contribution < 1.29 is 86.1 Å². The largest absolute Gasteiger partial charge is 0.469 e. The Kier molecular flexibility index (Phi) is 17.8. The summed E-state index contributed by atoms with van der Waals surface area (Å²) in [6.07, 6.45) is -7.89. The molecule has 4 aliphatic rings. The fraction of sp³-hybridized carbons (Fsp3) is 0.490. The molecular weight excluding hydrogens is 929 g/mol. The van der Waals surface area contributed by atoms with Crippen molar-refractivity contribution in [2.45, 2.75) is 134 Å². The molecule has 380 valence electrons. The molecule has 10 atom stereocenters. The van der Waals surface area contributed by atoms with Crippen molar-refractivity contribution in [3.05, 3.63) is 107 Å². The Morgan fingerprint density at radius 1 is 0.563 bits per heavy atom. The number of aliphatic hydroxyl groups is 1. The van der Waals surface area contributed by atoms with Gasteiger partial charge in [0.1, 0.15) is 43.1 Å². The van der Waals surface area contributed by atoms with Crippen LogP contribution < -0.4 is 0 Å². The topological polar surface area (TPSA) is 246 Å². The van der Waals surface area contributed by atoms with E-state index in [-0.39, 0.29) is 41.4 Å². The van der Waals surface area contributed by atoms with E-state index in [1.165, 1.54) is 31.4 Å². The number of methoxy groups -OCH3 is 1. The van der Waals surface area contributed by atoms with E-state index in [0.717, 1.165) is 56.3 Å². The van der Waals surface area contributed by atoms with Crippen molar-refractivity contribution in [2.75, 3.05) is 26.9 Å².